The minimum absolute atomic E-state index is 0.235. The van der Waals surface area contributed by atoms with Crippen molar-refractivity contribution in [1.29, 1.82) is 0 Å². The molecule has 0 radical (unpaired) electrons. The number of fused-ring (bicyclic) bond motifs is 1. The summed E-state index contributed by atoms with van der Waals surface area (Å²) in [6.07, 6.45) is 4.63. The standard InChI is InChI=1S/C16H16O2.2C2H4O2/c1-3-5-12-14(17)9-7-11-8-10-15(18)13(6-4-2)16(11)12;2*1-2(3)4/h3-4,7-10,17-18H,1-2,5-6H2;2*1H3,(H,3,4)/p-2. The summed E-state index contributed by atoms with van der Waals surface area (Å²) in [5, 5.41) is 39.6. The van der Waals surface area contributed by atoms with Crippen molar-refractivity contribution >= 4 is 22.7 Å². The topological polar surface area (TPSA) is 121 Å². The monoisotopic (exact) mass is 358 g/mol. The zero-order chi connectivity index (χ0) is 20.3. The summed E-state index contributed by atoms with van der Waals surface area (Å²) in [5.74, 6) is -1.70. The van der Waals surface area contributed by atoms with Crippen LogP contribution in [0.15, 0.2) is 49.6 Å². The first-order valence-electron chi connectivity index (χ1n) is 7.68. The van der Waals surface area contributed by atoms with Crippen LogP contribution in [0.5, 0.6) is 11.5 Å². The molecule has 0 aliphatic heterocycles. The molecule has 0 heterocycles. The number of aromatic hydroxyl groups is 2. The van der Waals surface area contributed by atoms with Crippen molar-refractivity contribution in [2.75, 3.05) is 0 Å². The van der Waals surface area contributed by atoms with Gasteiger partial charge in [0.05, 0.1) is 0 Å². The third-order valence-electron chi connectivity index (χ3n) is 3.05. The van der Waals surface area contributed by atoms with Gasteiger partial charge in [-0.2, -0.15) is 0 Å². The summed E-state index contributed by atoms with van der Waals surface area (Å²) in [6.45, 7) is 9.36. The Hall–Kier alpha value is -3.28. The van der Waals surface area contributed by atoms with Crippen LogP contribution in [0.3, 0.4) is 0 Å². The highest BCUT2D eigenvalue weighted by atomic mass is 16.4. The molecule has 0 amide bonds. The first-order valence-corrected chi connectivity index (χ1v) is 7.68. The van der Waals surface area contributed by atoms with Gasteiger partial charge >= 0.3 is 0 Å². The van der Waals surface area contributed by atoms with E-state index >= 15 is 0 Å². The average molecular weight is 358 g/mol. The fourth-order valence-electron chi connectivity index (χ4n) is 2.25. The third-order valence-corrected chi connectivity index (χ3v) is 3.05. The Bertz CT molecular complexity index is 722. The summed E-state index contributed by atoms with van der Waals surface area (Å²) in [7, 11) is 0. The van der Waals surface area contributed by atoms with Crippen LogP contribution in [-0.2, 0) is 22.4 Å². The Labute approximate surface area is 152 Å². The Morgan fingerprint density at radius 2 is 1.19 bits per heavy atom. The summed E-state index contributed by atoms with van der Waals surface area (Å²) in [5.41, 5.74) is 1.60. The highest BCUT2D eigenvalue weighted by Gasteiger charge is 2.12. The van der Waals surface area contributed by atoms with Gasteiger partial charge < -0.3 is 30.0 Å². The zero-order valence-electron chi connectivity index (χ0n) is 14.8. The lowest BCUT2D eigenvalue weighted by Crippen LogP contribution is -2.16. The number of rotatable bonds is 4. The van der Waals surface area contributed by atoms with Gasteiger partial charge in [0.1, 0.15) is 11.5 Å². The van der Waals surface area contributed by atoms with Crippen LogP contribution in [0.4, 0.5) is 0 Å². The molecule has 26 heavy (non-hydrogen) atoms. The maximum Gasteiger partial charge on any atom is 0.119 e. The molecule has 0 aromatic heterocycles. The van der Waals surface area contributed by atoms with E-state index < -0.39 is 11.9 Å². The minimum Gasteiger partial charge on any atom is -0.550 e. The van der Waals surface area contributed by atoms with E-state index in [1.165, 1.54) is 0 Å². The number of allylic oxidation sites excluding steroid dienone is 2. The molecule has 0 bridgehead atoms. The van der Waals surface area contributed by atoms with Gasteiger partial charge in [-0.15, -0.1) is 13.2 Å². The van der Waals surface area contributed by atoms with E-state index in [0.29, 0.717) is 12.8 Å². The molecule has 2 N–H and O–H groups in total. The number of benzene rings is 2. The van der Waals surface area contributed by atoms with Crippen LogP contribution in [-0.4, -0.2) is 22.2 Å². The number of hydrogen-bond acceptors (Lipinski definition) is 6. The number of hydrogen-bond donors (Lipinski definition) is 2. The van der Waals surface area contributed by atoms with Crippen molar-refractivity contribution in [2.45, 2.75) is 26.7 Å². The van der Waals surface area contributed by atoms with Crippen molar-refractivity contribution in [3.63, 3.8) is 0 Å². The lowest BCUT2D eigenvalue weighted by atomic mass is 9.94. The van der Waals surface area contributed by atoms with Gasteiger partial charge in [-0.05, 0) is 49.6 Å². The van der Waals surface area contributed by atoms with Crippen molar-refractivity contribution in [3.05, 3.63) is 60.7 Å². The van der Waals surface area contributed by atoms with Crippen molar-refractivity contribution in [2.24, 2.45) is 0 Å². The predicted molar refractivity (Wildman–Crippen MR) is 96.4 cm³/mol. The molecule has 0 fully saturated rings. The van der Waals surface area contributed by atoms with Gasteiger partial charge in [0.25, 0.3) is 0 Å². The number of carbonyl (C=O) groups excluding carboxylic acids is 2. The average Bonchev–Trinajstić information content (AvgIpc) is 2.52. The first-order chi connectivity index (χ1) is 12.1. The molecule has 6 heteroatoms. The second-order valence-electron chi connectivity index (χ2n) is 5.19. The molecule has 0 aliphatic carbocycles. The quantitative estimate of drug-likeness (QED) is 0.793. The number of phenols is 2. The zero-order valence-corrected chi connectivity index (χ0v) is 14.8. The van der Waals surface area contributed by atoms with Crippen LogP contribution < -0.4 is 10.2 Å². The van der Waals surface area contributed by atoms with E-state index in [2.05, 4.69) is 13.2 Å². The molecule has 0 aliphatic rings. The summed E-state index contributed by atoms with van der Waals surface area (Å²) in [6, 6.07) is 7.05. The number of carbonyl (C=O) groups is 2. The number of carboxylic acid groups (broad SMARTS) is 2. The van der Waals surface area contributed by atoms with E-state index in [1.807, 2.05) is 12.1 Å². The van der Waals surface area contributed by atoms with E-state index in [0.717, 1.165) is 35.7 Å². The largest absolute Gasteiger partial charge is 0.550 e. The van der Waals surface area contributed by atoms with Crippen LogP contribution in [0.2, 0.25) is 0 Å². The molecule has 6 nitrogen and oxygen atoms in total. The van der Waals surface area contributed by atoms with Crippen LogP contribution in [0.25, 0.3) is 10.8 Å². The second-order valence-corrected chi connectivity index (χ2v) is 5.19. The molecular weight excluding hydrogens is 336 g/mol. The van der Waals surface area contributed by atoms with Crippen LogP contribution >= 0.6 is 0 Å². The van der Waals surface area contributed by atoms with Crippen molar-refractivity contribution in [1.82, 2.24) is 0 Å². The lowest BCUT2D eigenvalue weighted by molar-refractivity contribution is -0.303. The van der Waals surface area contributed by atoms with E-state index in [4.69, 9.17) is 19.8 Å². The molecule has 0 atom stereocenters. The Balaban J connectivity index is 0.000000662. The molecule has 2 rings (SSSR count). The fraction of sp³-hybridized carbons (Fsp3) is 0.200. The molecule has 2 aromatic carbocycles. The van der Waals surface area contributed by atoms with E-state index in [-0.39, 0.29) is 11.5 Å². The van der Waals surface area contributed by atoms with Crippen molar-refractivity contribution < 1.29 is 30.0 Å². The predicted octanol–water partition coefficient (Wildman–Crippen LogP) is 1.22. The first kappa shape index (κ1) is 22.7. The Kier molecular flexibility index (Phi) is 9.88. The van der Waals surface area contributed by atoms with Crippen LogP contribution in [0.1, 0.15) is 25.0 Å². The normalized spacial score (nSPS) is 9.15. The molecule has 140 valence electrons. The number of aliphatic carboxylic acids is 2. The lowest BCUT2D eigenvalue weighted by Gasteiger charge is -2.13. The van der Waals surface area contributed by atoms with Crippen LogP contribution in [0, 0.1) is 0 Å². The number of carboxylic acids is 2. The summed E-state index contributed by atoms with van der Waals surface area (Å²) in [4.78, 5) is 17.8. The highest BCUT2D eigenvalue weighted by molar-refractivity contribution is 5.92. The Morgan fingerprint density at radius 3 is 1.46 bits per heavy atom. The van der Waals surface area contributed by atoms with E-state index in [1.54, 1.807) is 24.3 Å². The molecular formula is C20H22O6-2. The SMILES string of the molecule is C=CCc1c(O)ccc2ccc(O)c(CC=C)c12.CC(=O)[O-].CC(=O)[O-]. The van der Waals surface area contributed by atoms with Crippen molar-refractivity contribution in [3.8, 4) is 11.5 Å². The van der Waals surface area contributed by atoms with Gasteiger partial charge in [-0.3, -0.25) is 0 Å². The molecule has 0 unspecified atom stereocenters. The molecule has 2 aromatic rings. The Morgan fingerprint density at radius 1 is 0.885 bits per heavy atom. The van der Waals surface area contributed by atoms with Gasteiger partial charge in [0.2, 0.25) is 0 Å². The summed E-state index contributed by atoms with van der Waals surface area (Å²) >= 11 is 0. The van der Waals surface area contributed by atoms with Gasteiger partial charge in [0, 0.05) is 23.1 Å². The van der Waals surface area contributed by atoms with Gasteiger partial charge in [-0.1, -0.05) is 24.3 Å². The second kappa shape index (κ2) is 11.3. The molecule has 0 saturated carbocycles. The number of phenolic OH excluding ortho intramolecular Hbond substituents is 2. The fourth-order valence-corrected chi connectivity index (χ4v) is 2.25. The maximum absolute atomic E-state index is 9.97. The van der Waals surface area contributed by atoms with Gasteiger partial charge in [-0.25, -0.2) is 0 Å². The van der Waals surface area contributed by atoms with E-state index in [9.17, 15) is 10.2 Å². The molecule has 0 spiro atoms. The maximum atomic E-state index is 9.97. The molecule has 0 saturated heterocycles. The minimum atomic E-state index is -1.08. The highest BCUT2D eigenvalue weighted by Crippen LogP contribution is 2.35. The smallest absolute Gasteiger partial charge is 0.119 e. The van der Waals surface area contributed by atoms with Gasteiger partial charge in [0.15, 0.2) is 0 Å². The summed E-state index contributed by atoms with van der Waals surface area (Å²) < 4.78 is 0. The third kappa shape index (κ3) is 7.53.